The molecular weight excluding hydrogens is 526 g/mol. The topological polar surface area (TPSA) is 87.7 Å². The van der Waals surface area contributed by atoms with E-state index in [4.69, 9.17) is 4.74 Å². The molecule has 2 N–H and O–H groups in total. The number of rotatable bonds is 8. The Morgan fingerprint density at radius 1 is 0.833 bits per heavy atom. The summed E-state index contributed by atoms with van der Waals surface area (Å²) in [6.07, 6.45) is -0.469. The molecule has 4 aromatic carbocycles. The third-order valence-electron chi connectivity index (χ3n) is 7.00. The molecule has 0 bridgehead atoms. The van der Waals surface area contributed by atoms with Crippen LogP contribution in [-0.2, 0) is 20.7 Å². The molecular formula is C35H39N3O4. The van der Waals surface area contributed by atoms with Crippen molar-refractivity contribution in [3.8, 4) is 0 Å². The molecule has 0 fully saturated rings. The Labute approximate surface area is 247 Å². The van der Waals surface area contributed by atoms with Gasteiger partial charge in [0.15, 0.2) is 0 Å². The Bertz CT molecular complexity index is 1580. The van der Waals surface area contributed by atoms with Crippen LogP contribution in [0, 0.1) is 13.8 Å². The average Bonchev–Trinajstić information content (AvgIpc) is 2.93. The van der Waals surface area contributed by atoms with E-state index in [1.807, 2.05) is 105 Å². The molecule has 7 nitrogen and oxygen atoms in total. The highest BCUT2D eigenvalue weighted by molar-refractivity contribution is 6.00. The largest absolute Gasteiger partial charge is 0.444 e. The summed E-state index contributed by atoms with van der Waals surface area (Å²) in [7, 11) is 1.60. The van der Waals surface area contributed by atoms with Gasteiger partial charge in [-0.05, 0) is 74.2 Å². The first kappa shape index (κ1) is 30.3. The Balaban J connectivity index is 1.69. The lowest BCUT2D eigenvalue weighted by Gasteiger charge is -2.32. The molecule has 3 amide bonds. The van der Waals surface area contributed by atoms with Crippen LogP contribution >= 0.6 is 0 Å². The smallest absolute Gasteiger partial charge is 0.408 e. The number of amides is 3. The van der Waals surface area contributed by atoms with Gasteiger partial charge in [0.05, 0.1) is 0 Å². The lowest BCUT2D eigenvalue weighted by Crippen LogP contribution is -2.52. The molecule has 0 aliphatic carbocycles. The van der Waals surface area contributed by atoms with Crippen LogP contribution in [0.25, 0.3) is 10.8 Å². The number of alkyl carbamates (subject to hydrolysis) is 1. The van der Waals surface area contributed by atoms with Gasteiger partial charge in [-0.2, -0.15) is 0 Å². The minimum absolute atomic E-state index is 0.231. The van der Waals surface area contributed by atoms with E-state index < -0.39 is 29.7 Å². The van der Waals surface area contributed by atoms with Gasteiger partial charge < -0.3 is 20.3 Å². The van der Waals surface area contributed by atoms with Crippen LogP contribution in [0.3, 0.4) is 0 Å². The number of aryl methyl sites for hydroxylation is 2. The zero-order valence-electron chi connectivity index (χ0n) is 25.1. The van der Waals surface area contributed by atoms with Crippen LogP contribution in [-0.4, -0.2) is 41.5 Å². The highest BCUT2D eigenvalue weighted by atomic mass is 16.6. The maximum atomic E-state index is 14.2. The van der Waals surface area contributed by atoms with Crippen LogP contribution in [0.5, 0.6) is 0 Å². The highest BCUT2D eigenvalue weighted by Gasteiger charge is 2.35. The number of hydrogen-bond acceptors (Lipinski definition) is 4. The fourth-order valence-corrected chi connectivity index (χ4v) is 4.93. The molecule has 0 aliphatic rings. The van der Waals surface area contributed by atoms with Crippen LogP contribution in [0.1, 0.15) is 49.1 Å². The zero-order chi connectivity index (χ0) is 30.4. The first-order valence-corrected chi connectivity index (χ1v) is 14.1. The van der Waals surface area contributed by atoms with Crippen molar-refractivity contribution in [3.05, 3.63) is 113 Å². The van der Waals surface area contributed by atoms with Crippen molar-refractivity contribution < 1.29 is 19.1 Å². The third-order valence-corrected chi connectivity index (χ3v) is 7.00. The average molecular weight is 566 g/mol. The lowest BCUT2D eigenvalue weighted by atomic mass is 9.96. The molecule has 0 aromatic heterocycles. The van der Waals surface area contributed by atoms with E-state index in [0.29, 0.717) is 11.3 Å². The molecule has 0 radical (unpaired) electrons. The summed E-state index contributed by atoms with van der Waals surface area (Å²) >= 11 is 0. The first-order valence-electron chi connectivity index (χ1n) is 14.1. The normalized spacial score (nSPS) is 12.7. The molecule has 0 heterocycles. The molecule has 0 saturated carbocycles. The highest BCUT2D eigenvalue weighted by Crippen LogP contribution is 2.28. The molecule has 4 aromatic rings. The van der Waals surface area contributed by atoms with Crippen molar-refractivity contribution in [1.82, 2.24) is 10.2 Å². The van der Waals surface area contributed by atoms with Crippen molar-refractivity contribution in [2.75, 3.05) is 12.4 Å². The van der Waals surface area contributed by atoms with Crippen molar-refractivity contribution in [2.45, 2.75) is 58.7 Å². The summed E-state index contributed by atoms with van der Waals surface area (Å²) in [4.78, 5) is 42.4. The number of nitrogens with zero attached hydrogens (tertiary/aromatic N) is 1. The molecule has 2 unspecified atom stereocenters. The zero-order valence-corrected chi connectivity index (χ0v) is 25.1. The van der Waals surface area contributed by atoms with Gasteiger partial charge in [0, 0.05) is 19.2 Å². The van der Waals surface area contributed by atoms with Gasteiger partial charge in [0.25, 0.3) is 5.91 Å². The van der Waals surface area contributed by atoms with Crippen LogP contribution in [0.15, 0.2) is 91.0 Å². The number of carbonyl (C=O) groups is 3. The van der Waals surface area contributed by atoms with E-state index in [1.165, 1.54) is 4.90 Å². The molecule has 218 valence electrons. The Kier molecular flexibility index (Phi) is 9.31. The summed E-state index contributed by atoms with van der Waals surface area (Å²) in [5, 5.41) is 7.84. The number of carbonyl (C=O) groups excluding carboxylic acids is 3. The monoisotopic (exact) mass is 565 g/mol. The van der Waals surface area contributed by atoms with Crippen molar-refractivity contribution >= 4 is 34.4 Å². The number of ether oxygens (including phenoxy) is 1. The molecule has 42 heavy (non-hydrogen) atoms. The first-order chi connectivity index (χ1) is 19.9. The van der Waals surface area contributed by atoms with Crippen LogP contribution in [0.4, 0.5) is 10.5 Å². The molecule has 4 rings (SSSR count). The van der Waals surface area contributed by atoms with Crippen LogP contribution < -0.4 is 10.6 Å². The second kappa shape index (κ2) is 12.9. The van der Waals surface area contributed by atoms with Crippen molar-refractivity contribution in [2.24, 2.45) is 0 Å². The number of anilines is 1. The van der Waals surface area contributed by atoms with E-state index in [9.17, 15) is 14.4 Å². The second-order valence-electron chi connectivity index (χ2n) is 11.7. The SMILES string of the molecule is Cc1ccc(C)c(C(C(=O)Nc2ccc3ccccc3c2)N(C)C(=O)C(Cc2ccccc2)NC(=O)OC(C)(C)C)c1. The predicted octanol–water partition coefficient (Wildman–Crippen LogP) is 6.73. The van der Waals surface area contributed by atoms with Crippen molar-refractivity contribution in [3.63, 3.8) is 0 Å². The van der Waals surface area contributed by atoms with E-state index in [-0.39, 0.29) is 12.3 Å². The van der Waals surface area contributed by atoms with Gasteiger partial charge in [0.2, 0.25) is 5.91 Å². The summed E-state index contributed by atoms with van der Waals surface area (Å²) in [5.41, 5.74) is 3.30. The summed E-state index contributed by atoms with van der Waals surface area (Å²) in [6.45, 7) is 9.16. The Hall–Kier alpha value is -4.65. The number of benzene rings is 4. The van der Waals surface area contributed by atoms with E-state index in [1.54, 1.807) is 27.8 Å². The minimum atomic E-state index is -0.965. The van der Waals surface area contributed by atoms with Gasteiger partial charge in [-0.25, -0.2) is 4.79 Å². The number of likely N-dealkylation sites (N-methyl/N-ethyl adjacent to an activating group) is 1. The lowest BCUT2D eigenvalue weighted by molar-refractivity contribution is -0.139. The van der Waals surface area contributed by atoms with E-state index in [0.717, 1.165) is 27.5 Å². The molecule has 2 atom stereocenters. The molecule has 0 aliphatic heterocycles. The second-order valence-corrected chi connectivity index (χ2v) is 11.7. The van der Waals surface area contributed by atoms with Gasteiger partial charge in [-0.1, -0.05) is 84.4 Å². The third kappa shape index (κ3) is 7.75. The van der Waals surface area contributed by atoms with Gasteiger partial charge >= 0.3 is 6.09 Å². The Morgan fingerprint density at radius 2 is 1.50 bits per heavy atom. The molecule has 0 saturated heterocycles. The standard InChI is InChI=1S/C35H39N3O4/c1-23-16-17-24(2)29(20-23)31(32(39)36-28-19-18-26-14-10-11-15-27(26)22-28)38(6)33(40)30(21-25-12-8-7-9-13-25)37-34(41)42-35(3,4)5/h7-20,22,30-31H,21H2,1-6H3,(H,36,39)(H,37,41). The fourth-order valence-electron chi connectivity index (χ4n) is 4.93. The van der Waals surface area contributed by atoms with E-state index in [2.05, 4.69) is 10.6 Å². The van der Waals surface area contributed by atoms with Gasteiger partial charge in [-0.3, -0.25) is 9.59 Å². The van der Waals surface area contributed by atoms with Gasteiger partial charge in [0.1, 0.15) is 17.7 Å². The number of nitrogens with one attached hydrogen (secondary N) is 2. The van der Waals surface area contributed by atoms with Crippen LogP contribution in [0.2, 0.25) is 0 Å². The summed E-state index contributed by atoms with van der Waals surface area (Å²) in [5.74, 6) is -0.769. The number of hydrogen-bond donors (Lipinski definition) is 2. The number of fused-ring (bicyclic) bond motifs is 1. The predicted molar refractivity (Wildman–Crippen MR) is 167 cm³/mol. The van der Waals surface area contributed by atoms with E-state index >= 15 is 0 Å². The summed E-state index contributed by atoms with van der Waals surface area (Å²) < 4.78 is 5.48. The fraction of sp³-hybridized carbons (Fsp3) is 0.286. The molecule has 7 heteroatoms. The molecule has 0 spiro atoms. The minimum Gasteiger partial charge on any atom is -0.444 e. The van der Waals surface area contributed by atoms with Gasteiger partial charge in [-0.15, -0.1) is 0 Å². The van der Waals surface area contributed by atoms with Crippen molar-refractivity contribution in [1.29, 1.82) is 0 Å². The maximum absolute atomic E-state index is 14.2. The quantitative estimate of drug-likeness (QED) is 0.248. The summed E-state index contributed by atoms with van der Waals surface area (Å²) in [6, 6.07) is 27.0. The maximum Gasteiger partial charge on any atom is 0.408 e. The Morgan fingerprint density at radius 3 is 2.19 bits per heavy atom.